The molecule has 0 aliphatic heterocycles. The summed E-state index contributed by atoms with van der Waals surface area (Å²) in [5, 5.41) is 39.5. The van der Waals surface area contributed by atoms with Crippen molar-refractivity contribution in [2.45, 2.75) is 55.4 Å². The number of aromatic hydroxyl groups is 2. The molecule has 4 aromatic carbocycles. The van der Waals surface area contributed by atoms with Crippen LogP contribution in [0.2, 0.25) is 0 Å². The van der Waals surface area contributed by atoms with E-state index in [1.807, 2.05) is 67.5 Å². The maximum atomic E-state index is 10.6. The summed E-state index contributed by atoms with van der Waals surface area (Å²) >= 11 is 0. The van der Waals surface area contributed by atoms with Crippen LogP contribution in [0.3, 0.4) is 0 Å². The maximum absolute atomic E-state index is 10.6. The van der Waals surface area contributed by atoms with Gasteiger partial charge in [-0.15, -0.1) is 11.8 Å². The number of phenols is 2. The van der Waals surface area contributed by atoms with Gasteiger partial charge in [-0.25, -0.2) is 6.07 Å². The third-order valence-corrected chi connectivity index (χ3v) is 4.29. The Balaban J connectivity index is -0.000000177. The number of anilines is 1. The van der Waals surface area contributed by atoms with Crippen molar-refractivity contribution in [3.8, 4) is 17.2 Å². The van der Waals surface area contributed by atoms with Crippen LogP contribution in [0, 0.1) is 32.4 Å². The van der Waals surface area contributed by atoms with E-state index in [0.29, 0.717) is 11.4 Å². The van der Waals surface area contributed by atoms with Crippen LogP contribution in [0.1, 0.15) is 61.0 Å². The number of nitrogen functional groups attached to an aromatic ring is 1. The smallest absolute Gasteiger partial charge is 0.273 e. The Morgan fingerprint density at radius 2 is 1.19 bits per heavy atom. The van der Waals surface area contributed by atoms with Gasteiger partial charge in [0, 0.05) is 83.3 Å². The van der Waals surface area contributed by atoms with Gasteiger partial charge in [-0.2, -0.15) is 48.5 Å². The van der Waals surface area contributed by atoms with Gasteiger partial charge in [0.2, 0.25) is 5.69 Å². The Morgan fingerprint density at radius 1 is 0.723 bits per heavy atom. The number of non-ortho nitro benzene ring substituents is 2. The summed E-state index contributed by atoms with van der Waals surface area (Å²) in [6.45, 7) is 16.0. The van der Waals surface area contributed by atoms with Crippen LogP contribution in [0.4, 0.5) is 22.7 Å². The van der Waals surface area contributed by atoms with Crippen LogP contribution < -0.4 is 10.5 Å². The number of nitro benzene ring substituents is 2. The van der Waals surface area contributed by atoms with Crippen LogP contribution in [0.5, 0.6) is 17.2 Å². The summed E-state index contributed by atoms with van der Waals surface area (Å²) in [6, 6.07) is 27.2. The van der Waals surface area contributed by atoms with Crippen molar-refractivity contribution in [2.75, 3.05) is 12.8 Å². The van der Waals surface area contributed by atoms with Gasteiger partial charge in [0.25, 0.3) is 5.69 Å². The zero-order valence-corrected chi connectivity index (χ0v) is 34.3. The molecule has 0 atom stereocenters. The quantitative estimate of drug-likeness (QED) is 0.0589. The maximum Gasteiger partial charge on any atom is 0.273 e. The Morgan fingerprint density at radius 3 is 1.57 bits per heavy atom. The molecule has 47 heavy (non-hydrogen) atoms. The van der Waals surface area contributed by atoms with Crippen LogP contribution in [-0.2, 0) is 65.4 Å². The third-order valence-electron chi connectivity index (χ3n) is 4.29. The van der Waals surface area contributed by atoms with Crippen LogP contribution in [0.25, 0.3) is 0 Å². The van der Waals surface area contributed by atoms with E-state index in [0.717, 1.165) is 6.07 Å². The number of methoxy groups -OCH3 is 1. The van der Waals surface area contributed by atoms with E-state index in [-0.39, 0.29) is 99.6 Å². The third kappa shape index (κ3) is 24.6. The Hall–Kier alpha value is -3.24. The van der Waals surface area contributed by atoms with Crippen molar-refractivity contribution in [1.29, 1.82) is 0 Å². The Labute approximate surface area is 329 Å². The molecule has 0 amide bonds. The van der Waals surface area contributed by atoms with Crippen LogP contribution in [-0.4, -0.2) is 33.4 Å². The van der Waals surface area contributed by atoms with Gasteiger partial charge in [-0.3, -0.25) is 20.2 Å². The number of nitrogens with two attached hydrogens (primary N) is 1. The summed E-state index contributed by atoms with van der Waals surface area (Å²) in [6.07, 6.45) is 2.56. The zero-order valence-electron chi connectivity index (χ0n) is 28.6. The van der Waals surface area contributed by atoms with E-state index in [9.17, 15) is 25.3 Å². The number of aliphatic imine (C=N–C) groups is 1. The number of nitrogens with zero attached hydrogens (tertiary/aromatic N) is 3. The molecule has 0 spiro atoms. The van der Waals surface area contributed by atoms with Gasteiger partial charge >= 0.3 is 0 Å². The van der Waals surface area contributed by atoms with Gasteiger partial charge in [0.15, 0.2) is 11.5 Å². The number of rotatable bonds is 5. The molecule has 0 fully saturated rings. The predicted molar refractivity (Wildman–Crippen MR) is 183 cm³/mol. The molecule has 0 aromatic heterocycles. The first-order valence-electron chi connectivity index (χ1n) is 14.4. The molecule has 4 N–H and O–H groups in total. The number of nitro groups is 2. The first kappa shape index (κ1) is 53.3. The summed E-state index contributed by atoms with van der Waals surface area (Å²) in [7, 11) is 1.33. The van der Waals surface area contributed by atoms with Crippen molar-refractivity contribution >= 4 is 29.0 Å². The predicted octanol–water partition coefficient (Wildman–Crippen LogP) is 9.21. The second-order valence-corrected chi connectivity index (χ2v) is 6.86. The number of para-hydroxylation sites is 2. The second kappa shape index (κ2) is 35.6. The number of hydrogen-bond donors (Lipinski definition) is 3. The number of phenolic OH excluding ortho intramolecular Hbond substituents is 2. The largest absolute Gasteiger partial charge is 0.551 e. The van der Waals surface area contributed by atoms with Crippen molar-refractivity contribution in [1.82, 2.24) is 0 Å². The van der Waals surface area contributed by atoms with Crippen molar-refractivity contribution < 1.29 is 90.2 Å². The standard InChI is InChI=1S/C13H8N2O3.C7H7NO4.C6H6N.4C2H6.2Y/c16-13-7-6-12(15(17)18)8-10(13)9-14-11-4-2-1-3-5-11;1-12-7-4-5(8(10)11)2-3-6(7)9;7-6-4-2-1-3-5-6;4*1-2;;/h1-4,6-8,16H;2-4,9H,1H3;1-4H,7H2;4*1-2H3;;/q-2;;-1;;;;;;. The van der Waals surface area contributed by atoms with Crippen molar-refractivity contribution in [3.05, 3.63) is 123 Å². The van der Waals surface area contributed by atoms with Gasteiger partial charge in [0.1, 0.15) is 0 Å². The Bertz CT molecular complexity index is 1360. The summed E-state index contributed by atoms with van der Waals surface area (Å²) in [5.41, 5.74) is 6.47. The summed E-state index contributed by atoms with van der Waals surface area (Å²) in [5.74, 6) is -0.118. The Kier molecular flexibility index (Phi) is 40.3. The minimum atomic E-state index is -0.554. The average molecular weight is 800 g/mol. The van der Waals surface area contributed by atoms with E-state index in [1.165, 1.54) is 37.4 Å². The first-order valence-corrected chi connectivity index (χ1v) is 14.4. The number of ether oxygens (including phenoxy) is 1. The van der Waals surface area contributed by atoms with E-state index in [4.69, 9.17) is 10.8 Å². The van der Waals surface area contributed by atoms with Crippen molar-refractivity contribution in [3.63, 3.8) is 0 Å². The monoisotopic (exact) mass is 799 g/mol. The minimum Gasteiger partial charge on any atom is -0.551 e. The van der Waals surface area contributed by atoms with E-state index in [1.54, 1.807) is 36.4 Å². The molecule has 11 nitrogen and oxygen atoms in total. The molecule has 4 aromatic rings. The average Bonchev–Trinajstić information content (AvgIpc) is 3.09. The molecular formula is C34H45N4O7Y2-3. The molecule has 0 aliphatic rings. The summed E-state index contributed by atoms with van der Waals surface area (Å²) in [4.78, 5) is 23.7. The molecule has 0 saturated carbocycles. The number of benzene rings is 4. The SMILES string of the molecule is CC.CC.CC.CC.COc1cc([N+](=O)[O-])ccc1O.Nc1[c-]cccc1.O=[N+]([O-])c1ccc(O)c([C-]=Nc2[c-]cccc2)c1.[Y].[Y]. The van der Waals surface area contributed by atoms with Gasteiger partial charge in [-0.1, -0.05) is 78.8 Å². The molecule has 252 valence electrons. The fourth-order valence-electron chi connectivity index (χ4n) is 2.49. The first-order chi connectivity index (χ1) is 21.7. The second-order valence-electron chi connectivity index (χ2n) is 6.86. The molecule has 0 heterocycles. The van der Waals surface area contributed by atoms with E-state index in [2.05, 4.69) is 28.1 Å². The zero-order chi connectivity index (χ0) is 35.2. The topological polar surface area (TPSA) is 174 Å². The van der Waals surface area contributed by atoms with Gasteiger partial charge in [0.05, 0.1) is 23.0 Å². The van der Waals surface area contributed by atoms with E-state index < -0.39 is 9.85 Å². The number of hydrogen-bond acceptors (Lipinski definition) is 9. The van der Waals surface area contributed by atoms with Crippen LogP contribution in [0.15, 0.2) is 89.9 Å². The molecule has 0 saturated heterocycles. The molecule has 4 rings (SSSR count). The fourth-order valence-corrected chi connectivity index (χ4v) is 2.49. The van der Waals surface area contributed by atoms with Crippen LogP contribution >= 0.6 is 0 Å². The van der Waals surface area contributed by atoms with Crippen molar-refractivity contribution in [2.24, 2.45) is 4.99 Å². The molecule has 2 radical (unpaired) electrons. The molecule has 0 aliphatic carbocycles. The van der Waals surface area contributed by atoms with Gasteiger partial charge in [-0.05, 0) is 12.3 Å². The van der Waals surface area contributed by atoms with E-state index >= 15 is 0 Å². The minimum absolute atomic E-state index is 0. The molecule has 13 heteroatoms. The molecule has 0 unspecified atom stereocenters. The molecular weight excluding hydrogens is 754 g/mol. The fraction of sp³-hybridized carbons (Fsp3) is 0.265. The van der Waals surface area contributed by atoms with Gasteiger partial charge < -0.3 is 25.7 Å². The molecule has 0 bridgehead atoms. The normalized spacial score (nSPS) is 8.28. The summed E-state index contributed by atoms with van der Waals surface area (Å²) < 4.78 is 4.68.